The Morgan fingerprint density at radius 1 is 1.06 bits per heavy atom. The fraction of sp³-hybridized carbons (Fsp3) is 0.867. The minimum absolute atomic E-state index is 0.917. The highest BCUT2D eigenvalue weighted by Crippen LogP contribution is 2.43. The zero-order valence-corrected chi connectivity index (χ0v) is 10.5. The van der Waals surface area contributed by atoms with Crippen LogP contribution in [0.4, 0.5) is 0 Å². The molecule has 0 amide bonds. The van der Waals surface area contributed by atoms with Crippen molar-refractivity contribution in [3.8, 4) is 0 Å². The molecule has 1 N–H and O–H groups in total. The predicted molar refractivity (Wildman–Crippen MR) is 68.2 cm³/mol. The highest BCUT2D eigenvalue weighted by Gasteiger charge is 2.35. The van der Waals surface area contributed by atoms with Gasteiger partial charge in [0.05, 0.1) is 0 Å². The highest BCUT2D eigenvalue weighted by molar-refractivity contribution is 5.10. The summed E-state index contributed by atoms with van der Waals surface area (Å²) >= 11 is 0. The molecule has 5 atom stereocenters. The van der Waals surface area contributed by atoms with Crippen LogP contribution >= 0.6 is 0 Å². The first-order valence-corrected chi connectivity index (χ1v) is 7.20. The zero-order valence-electron chi connectivity index (χ0n) is 10.5. The molecule has 0 aliphatic heterocycles. The van der Waals surface area contributed by atoms with E-state index in [-0.39, 0.29) is 0 Å². The molecule has 0 spiro atoms. The van der Waals surface area contributed by atoms with Gasteiger partial charge in [-0.1, -0.05) is 25.5 Å². The summed E-state index contributed by atoms with van der Waals surface area (Å²) in [5, 5.41) is 3.74. The van der Waals surface area contributed by atoms with Crippen LogP contribution in [-0.2, 0) is 0 Å². The van der Waals surface area contributed by atoms with E-state index in [0.717, 1.165) is 29.6 Å². The van der Waals surface area contributed by atoms with Crippen molar-refractivity contribution in [3.05, 3.63) is 12.2 Å². The molecule has 2 bridgehead atoms. The van der Waals surface area contributed by atoms with Gasteiger partial charge in [-0.2, -0.15) is 0 Å². The average Bonchev–Trinajstić information content (AvgIpc) is 2.94. The van der Waals surface area contributed by atoms with Crippen molar-refractivity contribution in [2.45, 2.75) is 39.0 Å². The Morgan fingerprint density at radius 2 is 2.00 bits per heavy atom. The van der Waals surface area contributed by atoms with E-state index in [4.69, 9.17) is 0 Å². The van der Waals surface area contributed by atoms with Crippen molar-refractivity contribution >= 4 is 0 Å². The van der Waals surface area contributed by atoms with Gasteiger partial charge in [0.2, 0.25) is 0 Å². The molecule has 3 aliphatic carbocycles. The molecule has 90 valence electrons. The van der Waals surface area contributed by atoms with E-state index in [0.29, 0.717) is 0 Å². The fourth-order valence-corrected chi connectivity index (χ4v) is 4.11. The van der Waals surface area contributed by atoms with Crippen LogP contribution < -0.4 is 5.32 Å². The Morgan fingerprint density at radius 3 is 2.62 bits per heavy atom. The van der Waals surface area contributed by atoms with Gasteiger partial charge in [0.25, 0.3) is 0 Å². The number of nitrogens with one attached hydrogen (secondary N) is 1. The maximum absolute atomic E-state index is 3.74. The summed E-state index contributed by atoms with van der Waals surface area (Å²) in [6.45, 7) is 4.96. The van der Waals surface area contributed by atoms with E-state index in [1.54, 1.807) is 0 Å². The highest BCUT2D eigenvalue weighted by atomic mass is 14.9. The quantitative estimate of drug-likeness (QED) is 0.716. The second-order valence-corrected chi connectivity index (χ2v) is 6.48. The summed E-state index contributed by atoms with van der Waals surface area (Å²) in [4.78, 5) is 0. The van der Waals surface area contributed by atoms with Gasteiger partial charge in [-0.05, 0) is 68.4 Å². The number of allylic oxidation sites excluding steroid dienone is 2. The van der Waals surface area contributed by atoms with E-state index < -0.39 is 0 Å². The lowest BCUT2D eigenvalue weighted by Gasteiger charge is -2.20. The molecule has 0 aromatic carbocycles. The number of rotatable bonds is 4. The van der Waals surface area contributed by atoms with Crippen LogP contribution in [0.15, 0.2) is 12.2 Å². The number of hydrogen-bond donors (Lipinski definition) is 1. The van der Waals surface area contributed by atoms with E-state index in [1.807, 2.05) is 0 Å². The van der Waals surface area contributed by atoms with Crippen LogP contribution in [0.2, 0.25) is 0 Å². The van der Waals surface area contributed by atoms with Crippen LogP contribution in [0.5, 0.6) is 0 Å². The fourth-order valence-electron chi connectivity index (χ4n) is 4.11. The molecule has 3 aliphatic rings. The van der Waals surface area contributed by atoms with Gasteiger partial charge in [-0.3, -0.25) is 0 Å². The first kappa shape index (κ1) is 10.8. The van der Waals surface area contributed by atoms with Gasteiger partial charge in [-0.15, -0.1) is 0 Å². The van der Waals surface area contributed by atoms with Gasteiger partial charge >= 0.3 is 0 Å². The maximum atomic E-state index is 3.74. The van der Waals surface area contributed by atoms with Crippen molar-refractivity contribution in [3.63, 3.8) is 0 Å². The molecule has 0 radical (unpaired) electrons. The van der Waals surface area contributed by atoms with Crippen LogP contribution in [0.25, 0.3) is 0 Å². The first-order valence-electron chi connectivity index (χ1n) is 7.20. The van der Waals surface area contributed by atoms with Crippen LogP contribution in [-0.4, -0.2) is 13.1 Å². The van der Waals surface area contributed by atoms with Crippen molar-refractivity contribution in [2.24, 2.45) is 29.6 Å². The normalized spacial score (nSPS) is 45.7. The predicted octanol–water partition coefficient (Wildman–Crippen LogP) is 3.22. The molecular formula is C15H25N. The lowest BCUT2D eigenvalue weighted by atomic mass is 9.93. The SMILES string of the molecule is CC1CCC(CNCC2CC3C=CC2C3)C1. The summed E-state index contributed by atoms with van der Waals surface area (Å²) in [5.74, 6) is 4.76. The van der Waals surface area contributed by atoms with Crippen molar-refractivity contribution in [1.82, 2.24) is 5.32 Å². The summed E-state index contributed by atoms with van der Waals surface area (Å²) in [6, 6.07) is 0. The largest absolute Gasteiger partial charge is 0.316 e. The topological polar surface area (TPSA) is 12.0 Å². The molecule has 0 aromatic rings. The average molecular weight is 219 g/mol. The van der Waals surface area contributed by atoms with E-state index in [1.165, 1.54) is 45.2 Å². The molecule has 0 saturated heterocycles. The molecular weight excluding hydrogens is 194 g/mol. The summed E-state index contributed by atoms with van der Waals surface area (Å²) < 4.78 is 0. The molecule has 0 aromatic heterocycles. The molecule has 16 heavy (non-hydrogen) atoms. The molecule has 3 rings (SSSR count). The van der Waals surface area contributed by atoms with Crippen molar-refractivity contribution in [1.29, 1.82) is 0 Å². The van der Waals surface area contributed by atoms with Gasteiger partial charge in [0.1, 0.15) is 0 Å². The smallest absolute Gasteiger partial charge is 0.00146 e. The molecule has 2 fully saturated rings. The third-order valence-electron chi connectivity index (χ3n) is 5.06. The van der Waals surface area contributed by atoms with Crippen LogP contribution in [0.3, 0.4) is 0 Å². The van der Waals surface area contributed by atoms with Gasteiger partial charge < -0.3 is 5.32 Å². The number of hydrogen-bond acceptors (Lipinski definition) is 1. The van der Waals surface area contributed by atoms with E-state index >= 15 is 0 Å². The molecule has 5 unspecified atom stereocenters. The monoisotopic (exact) mass is 219 g/mol. The molecule has 2 saturated carbocycles. The third-order valence-corrected chi connectivity index (χ3v) is 5.06. The Bertz CT molecular complexity index is 271. The molecule has 1 nitrogen and oxygen atoms in total. The van der Waals surface area contributed by atoms with Gasteiger partial charge in [0.15, 0.2) is 0 Å². The third kappa shape index (κ3) is 2.20. The maximum Gasteiger partial charge on any atom is -0.00146 e. The first-order chi connectivity index (χ1) is 7.81. The van der Waals surface area contributed by atoms with E-state index in [2.05, 4.69) is 24.4 Å². The van der Waals surface area contributed by atoms with Crippen LogP contribution in [0, 0.1) is 29.6 Å². The minimum Gasteiger partial charge on any atom is -0.316 e. The second kappa shape index (κ2) is 4.52. The lowest BCUT2D eigenvalue weighted by molar-refractivity contribution is 0.385. The number of fused-ring (bicyclic) bond motifs is 2. The lowest BCUT2D eigenvalue weighted by Crippen LogP contribution is -2.29. The van der Waals surface area contributed by atoms with Gasteiger partial charge in [0, 0.05) is 0 Å². The zero-order chi connectivity index (χ0) is 11.0. The van der Waals surface area contributed by atoms with Gasteiger partial charge in [-0.25, -0.2) is 0 Å². The Balaban J connectivity index is 1.36. The Kier molecular flexibility index (Phi) is 3.06. The van der Waals surface area contributed by atoms with Crippen molar-refractivity contribution in [2.75, 3.05) is 13.1 Å². The summed E-state index contributed by atoms with van der Waals surface area (Å²) in [6.07, 6.45) is 12.2. The van der Waals surface area contributed by atoms with E-state index in [9.17, 15) is 0 Å². The van der Waals surface area contributed by atoms with Crippen LogP contribution in [0.1, 0.15) is 39.0 Å². The molecule has 0 heterocycles. The second-order valence-electron chi connectivity index (χ2n) is 6.48. The Hall–Kier alpha value is -0.300. The van der Waals surface area contributed by atoms with Crippen molar-refractivity contribution < 1.29 is 0 Å². The Labute approximate surface area is 99.7 Å². The molecule has 1 heteroatoms. The standard InChI is InChI=1S/C15H25N/c1-11-2-3-13(6-11)9-16-10-15-8-12-4-5-14(15)7-12/h4-5,11-16H,2-3,6-10H2,1H3. The summed E-state index contributed by atoms with van der Waals surface area (Å²) in [7, 11) is 0. The minimum atomic E-state index is 0.917. The summed E-state index contributed by atoms with van der Waals surface area (Å²) in [5.41, 5.74) is 0.